The number of hydrogen-bond donors (Lipinski definition) is 0. The minimum absolute atomic E-state index is 0.00349. The third-order valence-electron chi connectivity index (χ3n) is 4.01. The van der Waals surface area contributed by atoms with Crippen molar-refractivity contribution in [2.75, 3.05) is 6.61 Å². The highest BCUT2D eigenvalue weighted by atomic mass is 35.5. The first-order chi connectivity index (χ1) is 14.6. The van der Waals surface area contributed by atoms with Crippen molar-refractivity contribution >= 4 is 39.3 Å². The van der Waals surface area contributed by atoms with Gasteiger partial charge in [-0.15, -0.1) is 0 Å². The summed E-state index contributed by atoms with van der Waals surface area (Å²) in [6, 6.07) is 11.4. The smallest absolute Gasteiger partial charge is 0.362 e. The van der Waals surface area contributed by atoms with E-state index in [4.69, 9.17) is 32.1 Å². The summed E-state index contributed by atoms with van der Waals surface area (Å²) in [5.41, 5.74) is 0.100. The van der Waals surface area contributed by atoms with Crippen LogP contribution in [-0.2, 0) is 14.9 Å². The highest BCUT2D eigenvalue weighted by Crippen LogP contribution is 2.28. The fourth-order valence-corrected chi connectivity index (χ4v) is 4.22. The van der Waals surface area contributed by atoms with Crippen molar-refractivity contribution in [3.63, 3.8) is 0 Å². The van der Waals surface area contributed by atoms with Crippen molar-refractivity contribution in [2.45, 2.75) is 18.7 Å². The summed E-state index contributed by atoms with van der Waals surface area (Å²) >= 11 is 11.8. The van der Waals surface area contributed by atoms with Crippen LogP contribution in [0.1, 0.15) is 23.0 Å². The summed E-state index contributed by atoms with van der Waals surface area (Å²) in [6.45, 7) is 3.43. The second kappa shape index (κ2) is 9.09. The Hall–Kier alpha value is -2.88. The van der Waals surface area contributed by atoms with Crippen molar-refractivity contribution in [1.29, 1.82) is 0 Å². The summed E-state index contributed by atoms with van der Waals surface area (Å²) < 4.78 is 36.5. The number of ether oxygens (including phenoxy) is 1. The number of esters is 1. The Bertz CT molecular complexity index is 1300. The Kier molecular flexibility index (Phi) is 6.68. The molecule has 1 heterocycles. The summed E-state index contributed by atoms with van der Waals surface area (Å²) in [5.74, 6) is -1.56. The molecule has 11 heteroatoms. The van der Waals surface area contributed by atoms with Gasteiger partial charge in [0.05, 0.1) is 23.4 Å². The lowest BCUT2D eigenvalue weighted by molar-refractivity contribution is 0.0515. The minimum Gasteiger partial charge on any atom is -0.461 e. The number of benzene rings is 2. The molecule has 0 fully saturated rings. The second-order valence-corrected chi connectivity index (χ2v) is 8.63. The molecule has 3 rings (SSSR count). The molecule has 0 aliphatic heterocycles. The molecule has 162 valence electrons. The van der Waals surface area contributed by atoms with Gasteiger partial charge in [0, 0.05) is 5.02 Å². The lowest BCUT2D eigenvalue weighted by Gasteiger charge is -2.13. The molecule has 0 N–H and O–H groups in total. The average molecular weight is 483 g/mol. The van der Waals surface area contributed by atoms with Crippen molar-refractivity contribution in [1.82, 2.24) is 9.78 Å². The number of carbonyl (C=O) groups excluding carboxylic acids is 1. The first-order valence-electron chi connectivity index (χ1n) is 8.90. The van der Waals surface area contributed by atoms with Crippen LogP contribution in [0.4, 0.5) is 0 Å². The maximum atomic E-state index is 12.8. The number of halogens is 2. The Labute approximate surface area is 188 Å². The van der Waals surface area contributed by atoms with Gasteiger partial charge in [0.15, 0.2) is 5.75 Å². The van der Waals surface area contributed by atoms with Gasteiger partial charge in [0.1, 0.15) is 4.90 Å². The van der Waals surface area contributed by atoms with Gasteiger partial charge in [0.2, 0.25) is 5.69 Å². The van der Waals surface area contributed by atoms with Crippen molar-refractivity contribution < 1.29 is 22.1 Å². The first-order valence-corrected chi connectivity index (χ1v) is 11.1. The molecule has 0 bridgehead atoms. The van der Waals surface area contributed by atoms with Crippen LogP contribution in [-0.4, -0.2) is 30.8 Å². The van der Waals surface area contributed by atoms with Gasteiger partial charge in [-0.3, -0.25) is 4.79 Å². The number of aromatic nitrogens is 2. The van der Waals surface area contributed by atoms with E-state index in [-0.39, 0.29) is 16.7 Å². The SMILES string of the molecule is CCOC(=O)c1nn(-c2ccc(C)cc2)c(=O)cc1OS(=O)(=O)c1cc(Cl)ccc1Cl. The third kappa shape index (κ3) is 5.07. The van der Waals surface area contributed by atoms with Gasteiger partial charge < -0.3 is 8.92 Å². The van der Waals surface area contributed by atoms with Gasteiger partial charge in [-0.1, -0.05) is 40.9 Å². The molecule has 0 spiro atoms. The van der Waals surface area contributed by atoms with Crippen LogP contribution in [0.15, 0.2) is 58.2 Å². The van der Waals surface area contributed by atoms with Crippen LogP contribution in [0.3, 0.4) is 0 Å². The predicted octanol–water partition coefficient (Wildman–Crippen LogP) is 3.79. The number of aryl methyl sites for hydroxylation is 1. The van der Waals surface area contributed by atoms with Crippen LogP contribution in [0.2, 0.25) is 10.0 Å². The van der Waals surface area contributed by atoms with Gasteiger partial charge in [-0.2, -0.15) is 18.2 Å². The Balaban J connectivity index is 2.14. The van der Waals surface area contributed by atoms with Crippen LogP contribution >= 0.6 is 23.2 Å². The molecule has 0 atom stereocenters. The van der Waals surface area contributed by atoms with Gasteiger partial charge >= 0.3 is 16.1 Å². The third-order valence-corrected chi connectivity index (χ3v) is 5.96. The largest absolute Gasteiger partial charge is 0.461 e. The van der Waals surface area contributed by atoms with Crippen LogP contribution in [0, 0.1) is 6.92 Å². The molecule has 0 unspecified atom stereocenters. The predicted molar refractivity (Wildman–Crippen MR) is 115 cm³/mol. The zero-order valence-electron chi connectivity index (χ0n) is 16.3. The normalized spacial score (nSPS) is 11.2. The average Bonchev–Trinajstić information content (AvgIpc) is 2.70. The number of hydrogen-bond acceptors (Lipinski definition) is 7. The molecule has 3 aromatic rings. The van der Waals surface area contributed by atoms with E-state index in [0.29, 0.717) is 5.69 Å². The van der Waals surface area contributed by atoms with E-state index in [1.807, 2.05) is 6.92 Å². The van der Waals surface area contributed by atoms with Crippen molar-refractivity contribution in [3.8, 4) is 11.4 Å². The number of carbonyl (C=O) groups is 1. The van der Waals surface area contributed by atoms with Crippen LogP contribution in [0.25, 0.3) is 5.69 Å². The Morgan fingerprint density at radius 3 is 2.42 bits per heavy atom. The minimum atomic E-state index is -4.55. The standard InChI is InChI=1S/C20H16Cl2N2O6S/c1-3-29-20(26)19-16(30-31(27,28)17-10-13(21)6-9-15(17)22)11-18(25)24(23-19)14-7-4-12(2)5-8-14/h4-11H,3H2,1-2H3. The van der Waals surface area contributed by atoms with Gasteiger partial charge in [-0.05, 0) is 44.2 Å². The van der Waals surface area contributed by atoms with E-state index < -0.39 is 38.0 Å². The van der Waals surface area contributed by atoms with Crippen molar-refractivity contribution in [2.24, 2.45) is 0 Å². The molecule has 0 radical (unpaired) electrons. The number of rotatable bonds is 6. The molecular formula is C20H16Cl2N2O6S. The lowest BCUT2D eigenvalue weighted by Crippen LogP contribution is -2.26. The molecule has 0 aliphatic carbocycles. The quantitative estimate of drug-likeness (QED) is 0.388. The molecule has 8 nitrogen and oxygen atoms in total. The van der Waals surface area contributed by atoms with Crippen molar-refractivity contribution in [3.05, 3.63) is 80.2 Å². The zero-order valence-corrected chi connectivity index (χ0v) is 18.7. The molecule has 0 aliphatic rings. The number of nitrogens with zero attached hydrogens (tertiary/aromatic N) is 2. The maximum Gasteiger partial charge on any atom is 0.362 e. The summed E-state index contributed by atoms with van der Waals surface area (Å²) in [6.07, 6.45) is 0. The molecule has 2 aromatic carbocycles. The van der Waals surface area contributed by atoms with Gasteiger partial charge in [0.25, 0.3) is 5.56 Å². The summed E-state index contributed by atoms with van der Waals surface area (Å²) in [5, 5.41) is 3.94. The van der Waals surface area contributed by atoms with E-state index >= 15 is 0 Å². The van der Waals surface area contributed by atoms with Crippen LogP contribution in [0.5, 0.6) is 5.75 Å². The Morgan fingerprint density at radius 1 is 1.10 bits per heavy atom. The lowest BCUT2D eigenvalue weighted by atomic mass is 10.2. The Morgan fingerprint density at radius 2 is 1.77 bits per heavy atom. The van der Waals surface area contributed by atoms with E-state index in [1.165, 1.54) is 12.1 Å². The van der Waals surface area contributed by atoms with E-state index in [1.54, 1.807) is 31.2 Å². The first kappa shape index (κ1) is 22.8. The highest BCUT2D eigenvalue weighted by molar-refractivity contribution is 7.87. The molecule has 31 heavy (non-hydrogen) atoms. The highest BCUT2D eigenvalue weighted by Gasteiger charge is 2.27. The molecule has 0 saturated carbocycles. The van der Waals surface area contributed by atoms with E-state index in [2.05, 4.69) is 5.10 Å². The van der Waals surface area contributed by atoms with Crippen LogP contribution < -0.4 is 9.74 Å². The molecule has 1 aromatic heterocycles. The maximum absolute atomic E-state index is 12.8. The molecular weight excluding hydrogens is 467 g/mol. The summed E-state index contributed by atoms with van der Waals surface area (Å²) in [4.78, 5) is 24.6. The monoisotopic (exact) mass is 482 g/mol. The van der Waals surface area contributed by atoms with E-state index in [9.17, 15) is 18.0 Å². The zero-order chi connectivity index (χ0) is 22.8. The topological polar surface area (TPSA) is 105 Å². The molecule has 0 amide bonds. The summed E-state index contributed by atoms with van der Waals surface area (Å²) in [7, 11) is -4.55. The van der Waals surface area contributed by atoms with Gasteiger partial charge in [-0.25, -0.2) is 4.79 Å². The fourth-order valence-electron chi connectivity index (χ4n) is 2.55. The second-order valence-electron chi connectivity index (χ2n) is 6.28. The van der Waals surface area contributed by atoms with E-state index in [0.717, 1.165) is 22.4 Å². The fraction of sp³-hybridized carbons (Fsp3) is 0.150. The molecule has 0 saturated heterocycles.